The van der Waals surface area contributed by atoms with Crippen molar-refractivity contribution in [2.45, 2.75) is 0 Å². The molecular formula is C12H6N2Te. The van der Waals surface area contributed by atoms with Crippen molar-refractivity contribution in [1.82, 2.24) is 0 Å². The molecule has 0 aliphatic carbocycles. The monoisotopic (exact) mass is 308 g/mol. The van der Waals surface area contributed by atoms with Gasteiger partial charge in [-0.15, -0.1) is 0 Å². The van der Waals surface area contributed by atoms with Gasteiger partial charge < -0.3 is 0 Å². The maximum atomic E-state index is 8.63. The third-order valence-corrected chi connectivity index (χ3v) is 4.59. The number of hydrogen-bond acceptors (Lipinski definition) is 2. The van der Waals surface area contributed by atoms with Crippen LogP contribution in [-0.4, -0.2) is 20.4 Å². The molecule has 1 aromatic carbocycles. The Labute approximate surface area is 97.3 Å². The van der Waals surface area contributed by atoms with Crippen molar-refractivity contribution < 1.29 is 0 Å². The number of allylic oxidation sites excluding steroid dienone is 1. The predicted molar refractivity (Wildman–Crippen MR) is 60.1 cm³/mol. The van der Waals surface area contributed by atoms with Crippen molar-refractivity contribution in [2.75, 3.05) is 0 Å². The van der Waals surface area contributed by atoms with Crippen LogP contribution in [-0.2, 0) is 0 Å². The quantitative estimate of drug-likeness (QED) is 0.600. The first-order chi connectivity index (χ1) is 7.33. The van der Waals surface area contributed by atoms with Crippen LogP contribution >= 0.6 is 0 Å². The summed E-state index contributed by atoms with van der Waals surface area (Å²) in [4.78, 5) is 0. The van der Waals surface area contributed by atoms with Crippen LogP contribution in [0.15, 0.2) is 33.9 Å². The van der Waals surface area contributed by atoms with Crippen LogP contribution in [0.3, 0.4) is 0 Å². The van der Waals surface area contributed by atoms with Crippen LogP contribution in [0, 0.1) is 22.7 Å². The number of rotatable bonds is 1. The van der Waals surface area contributed by atoms with Crippen LogP contribution in [0.2, 0.25) is 0 Å². The van der Waals surface area contributed by atoms with E-state index < -0.39 is 0 Å². The number of hydrogen-bond donors (Lipinski definition) is 0. The second kappa shape index (κ2) is 4.33. The summed E-state index contributed by atoms with van der Waals surface area (Å²) in [6.07, 6.45) is 1.62. The summed E-state index contributed by atoms with van der Waals surface area (Å²) in [6.45, 7) is 0. The van der Waals surface area contributed by atoms with Gasteiger partial charge in [0.25, 0.3) is 0 Å². The van der Waals surface area contributed by atoms with E-state index in [1.54, 1.807) is 6.08 Å². The number of benzene rings is 1. The van der Waals surface area contributed by atoms with Gasteiger partial charge in [0.2, 0.25) is 0 Å². The molecule has 0 radical (unpaired) electrons. The van der Waals surface area contributed by atoms with E-state index >= 15 is 0 Å². The molecule has 1 heterocycles. The van der Waals surface area contributed by atoms with Crippen LogP contribution in [0.25, 0.3) is 14.9 Å². The molecule has 0 atom stereocenters. The Bertz CT molecular complexity index is 592. The van der Waals surface area contributed by atoms with Gasteiger partial charge in [0, 0.05) is 0 Å². The van der Waals surface area contributed by atoms with E-state index in [0.717, 1.165) is 5.56 Å². The molecule has 0 spiro atoms. The average Bonchev–Trinajstić information content (AvgIpc) is 2.73. The van der Waals surface area contributed by atoms with Gasteiger partial charge in [-0.3, -0.25) is 0 Å². The van der Waals surface area contributed by atoms with Crippen molar-refractivity contribution in [3.63, 3.8) is 0 Å². The molecule has 0 fully saturated rings. The summed E-state index contributed by atoms with van der Waals surface area (Å²) in [5.74, 6) is 0. The molecule has 2 aromatic rings. The Morgan fingerprint density at radius 3 is 2.73 bits per heavy atom. The second-order valence-electron chi connectivity index (χ2n) is 3.00. The molecule has 2 nitrogen and oxygen atoms in total. The summed E-state index contributed by atoms with van der Waals surface area (Å²) in [6, 6.07) is 11.9. The summed E-state index contributed by atoms with van der Waals surface area (Å²) < 4.78 is 3.66. The zero-order chi connectivity index (χ0) is 10.7. The average molecular weight is 306 g/mol. The Kier molecular flexibility index (Phi) is 2.89. The number of nitrogens with zero attached hydrogens (tertiary/aromatic N) is 2. The molecule has 3 heteroatoms. The van der Waals surface area contributed by atoms with Crippen LogP contribution < -0.4 is 0 Å². The van der Waals surface area contributed by atoms with E-state index in [1.165, 1.54) is 8.79 Å². The van der Waals surface area contributed by atoms with E-state index in [-0.39, 0.29) is 26.0 Å². The molecule has 0 N–H and O–H groups in total. The normalized spacial score (nSPS) is 9.20. The fourth-order valence-corrected chi connectivity index (χ4v) is 3.53. The van der Waals surface area contributed by atoms with E-state index in [4.69, 9.17) is 10.5 Å². The zero-order valence-electron chi connectivity index (χ0n) is 7.77. The zero-order valence-corrected chi connectivity index (χ0v) is 10.1. The van der Waals surface area contributed by atoms with Gasteiger partial charge in [0.1, 0.15) is 0 Å². The number of nitriles is 2. The number of fused-ring (bicyclic) bond motifs is 1. The van der Waals surface area contributed by atoms with E-state index in [0.29, 0.717) is 0 Å². The maximum absolute atomic E-state index is 8.63. The fourth-order valence-electron chi connectivity index (χ4n) is 1.33. The molecule has 1 aromatic heterocycles. The van der Waals surface area contributed by atoms with Gasteiger partial charge in [0.05, 0.1) is 0 Å². The molecular weight excluding hydrogens is 300 g/mol. The van der Waals surface area contributed by atoms with Gasteiger partial charge >= 0.3 is 97.4 Å². The first-order valence-electron chi connectivity index (χ1n) is 4.32. The summed E-state index contributed by atoms with van der Waals surface area (Å²) in [5, 5.41) is 18.5. The third kappa shape index (κ3) is 2.11. The first-order valence-corrected chi connectivity index (χ1v) is 6.84. The third-order valence-electron chi connectivity index (χ3n) is 2.03. The Hall–Kier alpha value is -1.53. The van der Waals surface area contributed by atoms with E-state index in [2.05, 4.69) is 16.2 Å². The second-order valence-corrected chi connectivity index (χ2v) is 5.70. The topological polar surface area (TPSA) is 47.6 Å². The van der Waals surface area contributed by atoms with Gasteiger partial charge in [-0.2, -0.15) is 0 Å². The Morgan fingerprint density at radius 1 is 1.20 bits per heavy atom. The Balaban J connectivity index is 2.51. The molecule has 0 saturated carbocycles. The molecule has 15 heavy (non-hydrogen) atoms. The van der Waals surface area contributed by atoms with Crippen molar-refractivity contribution in [1.29, 1.82) is 10.5 Å². The van der Waals surface area contributed by atoms with E-state index in [1.807, 2.05) is 24.3 Å². The molecule has 0 aliphatic rings. The summed E-state index contributed by atoms with van der Waals surface area (Å²) in [7, 11) is 0. The molecule has 0 unspecified atom stereocenters. The Morgan fingerprint density at radius 2 is 2.00 bits per heavy atom. The van der Waals surface area contributed by atoms with Gasteiger partial charge in [-0.05, 0) is 0 Å². The first kappa shape index (κ1) is 10.0. The standard InChI is InChI=1S/C12H6N2Te/c13-7-10(8-14)5-9-1-2-12-11(6-9)3-4-15-12/h1-6H. The van der Waals surface area contributed by atoms with Crippen molar-refractivity contribution >= 4 is 35.3 Å². The molecule has 0 aliphatic heterocycles. The van der Waals surface area contributed by atoms with Crippen molar-refractivity contribution in [2.24, 2.45) is 0 Å². The van der Waals surface area contributed by atoms with Gasteiger partial charge in [-0.25, -0.2) is 0 Å². The molecule has 70 valence electrons. The molecule has 0 amide bonds. The summed E-state index contributed by atoms with van der Waals surface area (Å²) >= 11 is -0.118. The van der Waals surface area contributed by atoms with Gasteiger partial charge in [0.15, 0.2) is 0 Å². The van der Waals surface area contributed by atoms with Crippen LogP contribution in [0.1, 0.15) is 5.56 Å². The van der Waals surface area contributed by atoms with Gasteiger partial charge in [-0.1, -0.05) is 0 Å². The molecule has 0 bridgehead atoms. The van der Waals surface area contributed by atoms with Crippen LogP contribution in [0.4, 0.5) is 0 Å². The summed E-state index contributed by atoms with van der Waals surface area (Å²) in [5.41, 5.74) is 1.07. The fraction of sp³-hybridized carbons (Fsp3) is 0. The van der Waals surface area contributed by atoms with Crippen molar-refractivity contribution in [3.05, 3.63) is 39.5 Å². The van der Waals surface area contributed by atoms with Crippen LogP contribution in [0.5, 0.6) is 0 Å². The molecule has 0 saturated heterocycles. The van der Waals surface area contributed by atoms with Crippen molar-refractivity contribution in [3.8, 4) is 12.1 Å². The molecule has 2 rings (SSSR count). The predicted octanol–water partition coefficient (Wildman–Crippen LogP) is 2.33. The minimum atomic E-state index is -0.118. The SMILES string of the molecule is N#CC(C#N)=Cc1ccc2[te]ccc2c1. The van der Waals surface area contributed by atoms with E-state index in [9.17, 15) is 0 Å². The minimum absolute atomic E-state index is 0.118.